The number of hydrogen-bond donors (Lipinski definition) is 1. The van der Waals surface area contributed by atoms with Gasteiger partial charge in [-0.05, 0) is 24.6 Å². The lowest BCUT2D eigenvalue weighted by atomic mass is 10.2. The van der Waals surface area contributed by atoms with Crippen LogP contribution in [0.5, 0.6) is 11.5 Å². The number of aromatic hydroxyl groups is 1. The van der Waals surface area contributed by atoms with Crippen molar-refractivity contribution in [1.29, 1.82) is 0 Å². The van der Waals surface area contributed by atoms with Gasteiger partial charge in [0.15, 0.2) is 18.3 Å². The lowest BCUT2D eigenvalue weighted by Gasteiger charge is -2.07. The molecule has 76 valence electrons. The van der Waals surface area contributed by atoms with Gasteiger partial charge >= 0.3 is 0 Å². The van der Waals surface area contributed by atoms with Crippen molar-refractivity contribution >= 4 is 6.08 Å². The normalized spacial score (nSPS) is 10.7. The molecule has 3 heteroatoms. The molecule has 0 saturated carbocycles. The predicted octanol–water partition coefficient (Wildman–Crippen LogP) is 2.41. The van der Waals surface area contributed by atoms with Crippen LogP contribution in [0.25, 0.3) is 6.08 Å². The zero-order chi connectivity index (χ0) is 10.4. The van der Waals surface area contributed by atoms with Crippen LogP contribution in [0.2, 0.25) is 0 Å². The largest absolute Gasteiger partial charge is 0.504 e. The summed E-state index contributed by atoms with van der Waals surface area (Å²) < 4.78 is 9.92. The number of rotatable bonds is 4. The second-order valence-corrected chi connectivity index (χ2v) is 2.78. The lowest BCUT2D eigenvalue weighted by Crippen LogP contribution is -1.99. The molecular formula is C11H14O3. The highest BCUT2D eigenvalue weighted by Crippen LogP contribution is 2.27. The summed E-state index contributed by atoms with van der Waals surface area (Å²) in [5, 5.41) is 9.43. The van der Waals surface area contributed by atoms with Crippen molar-refractivity contribution in [2.24, 2.45) is 0 Å². The van der Waals surface area contributed by atoms with E-state index in [4.69, 9.17) is 9.47 Å². The molecule has 3 nitrogen and oxygen atoms in total. The Balaban J connectivity index is 2.84. The van der Waals surface area contributed by atoms with E-state index in [-0.39, 0.29) is 12.5 Å². The average Bonchev–Trinajstić information content (AvgIpc) is 2.19. The van der Waals surface area contributed by atoms with Crippen molar-refractivity contribution in [2.45, 2.75) is 6.92 Å². The molecule has 1 aromatic rings. The van der Waals surface area contributed by atoms with E-state index in [0.717, 1.165) is 5.56 Å². The Morgan fingerprint density at radius 2 is 2.21 bits per heavy atom. The van der Waals surface area contributed by atoms with Gasteiger partial charge < -0.3 is 14.6 Å². The maximum absolute atomic E-state index is 9.43. The molecule has 0 fully saturated rings. The van der Waals surface area contributed by atoms with Gasteiger partial charge in [-0.1, -0.05) is 18.2 Å². The first-order valence-corrected chi connectivity index (χ1v) is 4.35. The first-order chi connectivity index (χ1) is 6.77. The highest BCUT2D eigenvalue weighted by molar-refractivity contribution is 5.55. The van der Waals surface area contributed by atoms with Crippen LogP contribution in [0.15, 0.2) is 24.3 Å². The summed E-state index contributed by atoms with van der Waals surface area (Å²) in [5.74, 6) is 0.553. The minimum atomic E-state index is 0.121. The van der Waals surface area contributed by atoms with Gasteiger partial charge in [0.2, 0.25) is 0 Å². The first-order valence-electron chi connectivity index (χ1n) is 4.35. The molecule has 0 aliphatic carbocycles. The molecule has 0 amide bonds. The minimum Gasteiger partial charge on any atom is -0.504 e. The molecule has 0 saturated heterocycles. The predicted molar refractivity (Wildman–Crippen MR) is 55.3 cm³/mol. The topological polar surface area (TPSA) is 38.7 Å². The summed E-state index contributed by atoms with van der Waals surface area (Å²) in [7, 11) is 1.53. The number of methoxy groups -OCH3 is 1. The van der Waals surface area contributed by atoms with Gasteiger partial charge in [-0.25, -0.2) is 0 Å². The number of allylic oxidation sites excluding steroid dienone is 1. The smallest absolute Gasteiger partial charge is 0.188 e. The Labute approximate surface area is 83.6 Å². The number of phenolic OH excluding ortho intramolecular Hbond substituents is 1. The quantitative estimate of drug-likeness (QED) is 0.748. The van der Waals surface area contributed by atoms with E-state index >= 15 is 0 Å². The average molecular weight is 194 g/mol. The fourth-order valence-corrected chi connectivity index (χ4v) is 1.06. The fourth-order valence-electron chi connectivity index (χ4n) is 1.06. The van der Waals surface area contributed by atoms with E-state index in [2.05, 4.69) is 0 Å². The van der Waals surface area contributed by atoms with Gasteiger partial charge in [0.05, 0.1) is 0 Å². The molecule has 0 aliphatic heterocycles. The SMILES string of the molecule is C/C=C/c1ccc(O)c(OCOC)c1. The summed E-state index contributed by atoms with van der Waals surface area (Å²) in [4.78, 5) is 0. The molecule has 0 aliphatic rings. The van der Waals surface area contributed by atoms with Crippen molar-refractivity contribution in [3.05, 3.63) is 29.8 Å². The monoisotopic (exact) mass is 194 g/mol. The van der Waals surface area contributed by atoms with Crippen molar-refractivity contribution in [1.82, 2.24) is 0 Å². The Bertz CT molecular complexity index is 318. The zero-order valence-electron chi connectivity index (χ0n) is 8.36. The van der Waals surface area contributed by atoms with Crippen LogP contribution in [0, 0.1) is 0 Å². The van der Waals surface area contributed by atoms with Gasteiger partial charge in [-0.3, -0.25) is 0 Å². The molecule has 14 heavy (non-hydrogen) atoms. The van der Waals surface area contributed by atoms with Crippen molar-refractivity contribution in [3.8, 4) is 11.5 Å². The van der Waals surface area contributed by atoms with Gasteiger partial charge in [0.1, 0.15) is 0 Å². The zero-order valence-corrected chi connectivity index (χ0v) is 8.36. The van der Waals surface area contributed by atoms with E-state index in [1.165, 1.54) is 7.11 Å². The molecule has 0 spiro atoms. The molecule has 0 radical (unpaired) electrons. The van der Waals surface area contributed by atoms with E-state index in [1.54, 1.807) is 12.1 Å². The van der Waals surface area contributed by atoms with Crippen LogP contribution in [-0.2, 0) is 4.74 Å². The van der Waals surface area contributed by atoms with E-state index in [0.29, 0.717) is 5.75 Å². The van der Waals surface area contributed by atoms with Gasteiger partial charge in [-0.15, -0.1) is 0 Å². The molecule has 0 heterocycles. The Kier molecular flexibility index (Phi) is 4.01. The van der Waals surface area contributed by atoms with E-state index in [1.807, 2.05) is 25.1 Å². The second-order valence-electron chi connectivity index (χ2n) is 2.78. The van der Waals surface area contributed by atoms with Gasteiger partial charge in [-0.2, -0.15) is 0 Å². The Morgan fingerprint density at radius 3 is 2.86 bits per heavy atom. The third-order valence-electron chi connectivity index (χ3n) is 1.68. The highest BCUT2D eigenvalue weighted by atomic mass is 16.7. The molecule has 0 unspecified atom stereocenters. The van der Waals surface area contributed by atoms with Crippen LogP contribution >= 0.6 is 0 Å². The number of phenols is 1. The number of ether oxygens (including phenoxy) is 2. The maximum Gasteiger partial charge on any atom is 0.188 e. The van der Waals surface area contributed by atoms with Crippen LogP contribution < -0.4 is 4.74 Å². The molecule has 0 aromatic heterocycles. The molecular weight excluding hydrogens is 180 g/mol. The van der Waals surface area contributed by atoms with Crippen LogP contribution in [0.3, 0.4) is 0 Å². The summed E-state index contributed by atoms with van der Waals surface area (Å²) in [6.45, 7) is 2.06. The van der Waals surface area contributed by atoms with Crippen LogP contribution in [-0.4, -0.2) is 19.0 Å². The van der Waals surface area contributed by atoms with Gasteiger partial charge in [0.25, 0.3) is 0 Å². The fraction of sp³-hybridized carbons (Fsp3) is 0.273. The van der Waals surface area contributed by atoms with E-state index < -0.39 is 0 Å². The van der Waals surface area contributed by atoms with Crippen LogP contribution in [0.1, 0.15) is 12.5 Å². The summed E-state index contributed by atoms with van der Waals surface area (Å²) >= 11 is 0. The van der Waals surface area contributed by atoms with Crippen molar-refractivity contribution < 1.29 is 14.6 Å². The van der Waals surface area contributed by atoms with Crippen molar-refractivity contribution in [2.75, 3.05) is 13.9 Å². The summed E-state index contributed by atoms with van der Waals surface area (Å²) in [6.07, 6.45) is 3.85. The lowest BCUT2D eigenvalue weighted by molar-refractivity contribution is 0.0492. The molecule has 0 bridgehead atoms. The van der Waals surface area contributed by atoms with Gasteiger partial charge in [0, 0.05) is 7.11 Å². The standard InChI is InChI=1S/C11H14O3/c1-3-4-9-5-6-10(12)11(7-9)14-8-13-2/h3-7,12H,8H2,1-2H3/b4-3+. The Morgan fingerprint density at radius 1 is 1.43 bits per heavy atom. The third-order valence-corrected chi connectivity index (χ3v) is 1.68. The number of hydrogen-bond acceptors (Lipinski definition) is 3. The minimum absolute atomic E-state index is 0.121. The summed E-state index contributed by atoms with van der Waals surface area (Å²) in [5.41, 5.74) is 0.983. The second kappa shape index (κ2) is 5.29. The first kappa shape index (κ1) is 10.6. The highest BCUT2D eigenvalue weighted by Gasteiger charge is 2.01. The Hall–Kier alpha value is -1.48. The molecule has 1 aromatic carbocycles. The van der Waals surface area contributed by atoms with Crippen LogP contribution in [0.4, 0.5) is 0 Å². The maximum atomic E-state index is 9.43. The molecule has 1 rings (SSSR count). The van der Waals surface area contributed by atoms with Crippen molar-refractivity contribution in [3.63, 3.8) is 0 Å². The third kappa shape index (κ3) is 2.78. The number of benzene rings is 1. The summed E-state index contributed by atoms with van der Waals surface area (Å²) in [6, 6.07) is 5.17. The molecule has 0 atom stereocenters. The molecule has 1 N–H and O–H groups in total. The van der Waals surface area contributed by atoms with E-state index in [9.17, 15) is 5.11 Å².